The number of fused-ring (bicyclic) bond motifs is 1. The standard InChI is InChI=1S/C17H12ClF3O3/c1-22-15-6-4-12(9-13(15)18)23-11-3-5-14-10(8-11)2-7-16(24-14)17(19,20)21/h2-9,16H,1H3. The van der Waals surface area contributed by atoms with Gasteiger partial charge in [-0.15, -0.1) is 0 Å². The highest BCUT2D eigenvalue weighted by Crippen LogP contribution is 2.36. The van der Waals surface area contributed by atoms with E-state index in [1.807, 2.05) is 0 Å². The van der Waals surface area contributed by atoms with Crippen molar-refractivity contribution in [1.82, 2.24) is 0 Å². The number of rotatable bonds is 3. The van der Waals surface area contributed by atoms with Gasteiger partial charge in [0, 0.05) is 11.6 Å². The molecule has 0 N–H and O–H groups in total. The second-order valence-electron chi connectivity index (χ2n) is 5.04. The summed E-state index contributed by atoms with van der Waals surface area (Å²) < 4.78 is 53.7. The summed E-state index contributed by atoms with van der Waals surface area (Å²) in [6.45, 7) is 0. The Balaban J connectivity index is 1.80. The van der Waals surface area contributed by atoms with Crippen molar-refractivity contribution in [2.75, 3.05) is 7.11 Å². The van der Waals surface area contributed by atoms with Crippen molar-refractivity contribution in [2.24, 2.45) is 0 Å². The molecular weight excluding hydrogens is 345 g/mol. The quantitative estimate of drug-likeness (QED) is 0.729. The Hall–Kier alpha value is -2.34. The van der Waals surface area contributed by atoms with E-state index in [1.54, 1.807) is 24.3 Å². The van der Waals surface area contributed by atoms with E-state index in [2.05, 4.69) is 0 Å². The van der Waals surface area contributed by atoms with Gasteiger partial charge in [0.25, 0.3) is 0 Å². The van der Waals surface area contributed by atoms with E-state index in [-0.39, 0.29) is 5.75 Å². The van der Waals surface area contributed by atoms with Crippen LogP contribution in [0.4, 0.5) is 13.2 Å². The van der Waals surface area contributed by atoms with E-state index in [9.17, 15) is 13.2 Å². The number of hydrogen-bond acceptors (Lipinski definition) is 3. The predicted octanol–water partition coefficient (Wildman–Crippen LogP) is 5.48. The second kappa shape index (κ2) is 6.28. The maximum absolute atomic E-state index is 12.7. The molecule has 0 saturated heterocycles. The highest BCUT2D eigenvalue weighted by Gasteiger charge is 2.41. The molecule has 0 amide bonds. The molecule has 0 bridgehead atoms. The van der Waals surface area contributed by atoms with Gasteiger partial charge in [-0.25, -0.2) is 0 Å². The van der Waals surface area contributed by atoms with Crippen molar-refractivity contribution in [1.29, 1.82) is 0 Å². The van der Waals surface area contributed by atoms with Crippen LogP contribution in [0.1, 0.15) is 5.56 Å². The van der Waals surface area contributed by atoms with Crippen LogP contribution in [-0.2, 0) is 0 Å². The van der Waals surface area contributed by atoms with E-state index >= 15 is 0 Å². The lowest BCUT2D eigenvalue weighted by atomic mass is 10.1. The summed E-state index contributed by atoms with van der Waals surface area (Å²) in [5.74, 6) is 1.60. The SMILES string of the molecule is COc1ccc(Oc2ccc3c(c2)C=CC(C(F)(F)F)O3)cc1Cl. The average Bonchev–Trinajstić information content (AvgIpc) is 2.53. The van der Waals surface area contributed by atoms with Crippen molar-refractivity contribution in [3.8, 4) is 23.0 Å². The molecule has 2 aromatic carbocycles. The van der Waals surface area contributed by atoms with E-state index in [0.29, 0.717) is 27.8 Å². The van der Waals surface area contributed by atoms with Crippen LogP contribution in [0.15, 0.2) is 42.5 Å². The van der Waals surface area contributed by atoms with Crippen molar-refractivity contribution in [2.45, 2.75) is 12.3 Å². The molecule has 0 fully saturated rings. The fraction of sp³-hybridized carbons (Fsp3) is 0.176. The number of halogens is 4. The number of benzene rings is 2. The maximum Gasteiger partial charge on any atom is 0.429 e. The first-order valence-electron chi connectivity index (χ1n) is 6.94. The number of ether oxygens (including phenoxy) is 3. The summed E-state index contributed by atoms with van der Waals surface area (Å²) >= 11 is 6.03. The molecule has 1 aliphatic heterocycles. The second-order valence-corrected chi connectivity index (χ2v) is 5.44. The van der Waals surface area contributed by atoms with Crippen molar-refractivity contribution in [3.05, 3.63) is 53.1 Å². The average molecular weight is 357 g/mol. The third-order valence-corrected chi connectivity index (χ3v) is 3.66. The molecule has 3 nitrogen and oxygen atoms in total. The van der Waals surface area contributed by atoms with Gasteiger partial charge in [0.05, 0.1) is 12.1 Å². The molecule has 7 heteroatoms. The Morgan fingerprint density at radius 1 is 1.08 bits per heavy atom. The fourth-order valence-electron chi connectivity index (χ4n) is 2.22. The lowest BCUT2D eigenvalue weighted by Crippen LogP contribution is -2.33. The van der Waals surface area contributed by atoms with Crippen molar-refractivity contribution < 1.29 is 27.4 Å². The van der Waals surface area contributed by atoms with Crippen LogP contribution in [0.3, 0.4) is 0 Å². The van der Waals surface area contributed by atoms with Crippen LogP contribution in [0, 0.1) is 0 Å². The summed E-state index contributed by atoms with van der Waals surface area (Å²) in [5.41, 5.74) is 0.507. The summed E-state index contributed by atoms with van der Waals surface area (Å²) in [7, 11) is 1.51. The molecule has 1 unspecified atom stereocenters. The Bertz CT molecular complexity index is 787. The lowest BCUT2D eigenvalue weighted by molar-refractivity contribution is -0.180. The molecule has 126 valence electrons. The Labute approximate surface area is 141 Å². The summed E-state index contributed by atoms with van der Waals surface area (Å²) in [5, 5.41) is 0.393. The monoisotopic (exact) mass is 356 g/mol. The van der Waals surface area contributed by atoms with E-state index in [0.717, 1.165) is 6.08 Å². The van der Waals surface area contributed by atoms with Gasteiger partial charge in [-0.05, 0) is 36.4 Å². The normalized spacial score (nSPS) is 16.3. The first-order chi connectivity index (χ1) is 11.4. The first kappa shape index (κ1) is 16.5. The molecule has 2 aromatic rings. The zero-order valence-electron chi connectivity index (χ0n) is 12.4. The smallest absolute Gasteiger partial charge is 0.429 e. The van der Waals surface area contributed by atoms with Gasteiger partial charge < -0.3 is 14.2 Å². The van der Waals surface area contributed by atoms with Crippen LogP contribution in [0.25, 0.3) is 6.08 Å². The minimum absolute atomic E-state index is 0.153. The lowest BCUT2D eigenvalue weighted by Gasteiger charge is -2.23. The topological polar surface area (TPSA) is 27.7 Å². The molecular formula is C17H12ClF3O3. The van der Waals surface area contributed by atoms with Crippen molar-refractivity contribution >= 4 is 17.7 Å². The molecule has 1 aliphatic rings. The van der Waals surface area contributed by atoms with Crippen LogP contribution < -0.4 is 14.2 Å². The van der Waals surface area contributed by atoms with E-state index in [4.69, 9.17) is 25.8 Å². The minimum Gasteiger partial charge on any atom is -0.495 e. The van der Waals surface area contributed by atoms with E-state index < -0.39 is 12.3 Å². The molecule has 3 rings (SSSR count). The van der Waals surface area contributed by atoms with Gasteiger partial charge in [-0.3, -0.25) is 0 Å². The van der Waals surface area contributed by atoms with Gasteiger partial charge in [0.2, 0.25) is 6.10 Å². The molecule has 0 radical (unpaired) electrons. The molecule has 24 heavy (non-hydrogen) atoms. The molecule has 1 atom stereocenters. The van der Waals surface area contributed by atoms with Crippen LogP contribution in [-0.4, -0.2) is 19.4 Å². The highest BCUT2D eigenvalue weighted by molar-refractivity contribution is 6.32. The fourth-order valence-corrected chi connectivity index (χ4v) is 2.47. The number of hydrogen-bond donors (Lipinski definition) is 0. The van der Waals surface area contributed by atoms with Gasteiger partial charge in [-0.1, -0.05) is 17.7 Å². The zero-order chi connectivity index (χ0) is 17.3. The highest BCUT2D eigenvalue weighted by atomic mass is 35.5. The molecule has 0 aliphatic carbocycles. The third-order valence-electron chi connectivity index (χ3n) is 3.37. The molecule has 1 heterocycles. The van der Waals surface area contributed by atoms with Gasteiger partial charge in [-0.2, -0.15) is 13.2 Å². The molecule has 0 spiro atoms. The minimum atomic E-state index is -4.44. The van der Waals surface area contributed by atoms with Crippen molar-refractivity contribution in [3.63, 3.8) is 0 Å². The van der Waals surface area contributed by atoms with Gasteiger partial charge >= 0.3 is 6.18 Å². The molecule has 0 saturated carbocycles. The maximum atomic E-state index is 12.7. The van der Waals surface area contributed by atoms with Gasteiger partial charge in [0.15, 0.2) is 0 Å². The van der Waals surface area contributed by atoms with Crippen LogP contribution in [0.5, 0.6) is 23.0 Å². The van der Waals surface area contributed by atoms with E-state index in [1.165, 1.54) is 25.3 Å². The zero-order valence-corrected chi connectivity index (χ0v) is 13.2. The molecule has 0 aromatic heterocycles. The van der Waals surface area contributed by atoms with Gasteiger partial charge in [0.1, 0.15) is 23.0 Å². The summed E-state index contributed by atoms with van der Waals surface area (Å²) in [6.07, 6.45) is -4.04. The summed E-state index contributed by atoms with van der Waals surface area (Å²) in [4.78, 5) is 0. The summed E-state index contributed by atoms with van der Waals surface area (Å²) in [6, 6.07) is 9.49. The first-order valence-corrected chi connectivity index (χ1v) is 7.31. The number of alkyl halides is 3. The Morgan fingerprint density at radius 2 is 1.79 bits per heavy atom. The Morgan fingerprint density at radius 3 is 2.46 bits per heavy atom. The largest absolute Gasteiger partial charge is 0.495 e. The Kier molecular flexibility index (Phi) is 4.32. The van der Waals surface area contributed by atoms with Crippen LogP contribution in [0.2, 0.25) is 5.02 Å². The predicted molar refractivity (Wildman–Crippen MR) is 84.0 cm³/mol. The third kappa shape index (κ3) is 3.43. The number of methoxy groups -OCH3 is 1. The van der Waals surface area contributed by atoms with Crippen LogP contribution >= 0.6 is 11.6 Å².